The third-order valence-electron chi connectivity index (χ3n) is 4.55. The molecule has 0 radical (unpaired) electrons. The number of ether oxygens (including phenoxy) is 2. The van der Waals surface area contributed by atoms with Gasteiger partial charge in [-0.05, 0) is 37.3 Å². The van der Waals surface area contributed by atoms with Crippen molar-refractivity contribution in [1.29, 1.82) is 0 Å². The number of amides is 1. The molecule has 0 bridgehead atoms. The number of aromatic nitrogens is 2. The van der Waals surface area contributed by atoms with E-state index in [-0.39, 0.29) is 17.4 Å². The molecular formula is C23H26F2N4O3. The summed E-state index contributed by atoms with van der Waals surface area (Å²) in [5.41, 5.74) is 2.19. The number of carbonyl (C=O) groups excluding carboxylic acids is 1. The summed E-state index contributed by atoms with van der Waals surface area (Å²) in [7, 11) is 0. The quantitative estimate of drug-likeness (QED) is 0.600. The number of nitrogens with zero attached hydrogens (tertiary/aromatic N) is 2. The van der Waals surface area contributed by atoms with E-state index >= 15 is 0 Å². The number of hydrogen-bond acceptors (Lipinski definition) is 5. The van der Waals surface area contributed by atoms with Crippen LogP contribution in [0.4, 0.5) is 14.5 Å². The minimum Gasteiger partial charge on any atom is -0.435 e. The lowest BCUT2D eigenvalue weighted by molar-refractivity contribution is -0.0498. The molecule has 0 unspecified atom stereocenters. The zero-order valence-electron chi connectivity index (χ0n) is 17.8. The third kappa shape index (κ3) is 6.86. The Balaban J connectivity index is 0.000000416. The lowest BCUT2D eigenvalue weighted by Gasteiger charge is -2.10. The molecule has 170 valence electrons. The van der Waals surface area contributed by atoms with Crippen LogP contribution < -0.4 is 15.4 Å². The fraction of sp³-hybridized carbons (Fsp3) is 0.304. The molecular weight excluding hydrogens is 418 g/mol. The fourth-order valence-corrected chi connectivity index (χ4v) is 3.07. The molecule has 4 rings (SSSR count). The van der Waals surface area contributed by atoms with Gasteiger partial charge in [-0.3, -0.25) is 9.48 Å². The number of carbonyl (C=O) groups is 1. The van der Waals surface area contributed by atoms with E-state index in [2.05, 4.69) is 20.5 Å². The third-order valence-corrected chi connectivity index (χ3v) is 4.55. The normalized spacial score (nSPS) is 13.2. The number of halogens is 2. The Labute approximate surface area is 185 Å². The summed E-state index contributed by atoms with van der Waals surface area (Å²) >= 11 is 0. The highest BCUT2D eigenvalue weighted by molar-refractivity contribution is 6.03. The molecule has 1 fully saturated rings. The van der Waals surface area contributed by atoms with Crippen molar-refractivity contribution < 1.29 is 23.0 Å². The van der Waals surface area contributed by atoms with Gasteiger partial charge >= 0.3 is 6.61 Å². The van der Waals surface area contributed by atoms with Gasteiger partial charge in [-0.1, -0.05) is 30.3 Å². The Morgan fingerprint density at radius 2 is 1.91 bits per heavy atom. The summed E-state index contributed by atoms with van der Waals surface area (Å²) in [5, 5.41) is 10.2. The van der Waals surface area contributed by atoms with Crippen LogP contribution in [0, 0.1) is 0 Å². The number of anilines is 1. The monoisotopic (exact) mass is 444 g/mol. The first-order valence-corrected chi connectivity index (χ1v) is 10.3. The predicted molar refractivity (Wildman–Crippen MR) is 118 cm³/mol. The van der Waals surface area contributed by atoms with Crippen molar-refractivity contribution in [1.82, 2.24) is 15.1 Å². The molecule has 2 heterocycles. The standard InChI is InChI=1S/C19H17F2N3O2.C4H9NO/c1-2-24-17(13-7-6-10-15(11-13)26-19(20)21)12-16(23-24)18(25)22-14-8-4-3-5-9-14;1-3-6-4-2-5-1/h3-12,19H,2H2,1H3,(H,22,25);5H,1-4H2. The molecule has 0 saturated carbocycles. The van der Waals surface area contributed by atoms with Gasteiger partial charge in [0.15, 0.2) is 5.69 Å². The number of para-hydroxylation sites is 1. The maximum Gasteiger partial charge on any atom is 0.387 e. The first-order chi connectivity index (χ1) is 15.6. The van der Waals surface area contributed by atoms with Gasteiger partial charge in [0.2, 0.25) is 0 Å². The van der Waals surface area contributed by atoms with Crippen LogP contribution in [0.3, 0.4) is 0 Å². The molecule has 1 saturated heterocycles. The Kier molecular flexibility index (Phi) is 8.70. The van der Waals surface area contributed by atoms with Gasteiger partial charge in [0.1, 0.15) is 5.75 Å². The molecule has 0 spiro atoms. The number of nitrogens with one attached hydrogen (secondary N) is 2. The smallest absolute Gasteiger partial charge is 0.387 e. The van der Waals surface area contributed by atoms with Crippen molar-refractivity contribution in [2.24, 2.45) is 0 Å². The lowest BCUT2D eigenvalue weighted by atomic mass is 10.1. The molecule has 9 heteroatoms. The molecule has 1 amide bonds. The molecule has 2 aromatic carbocycles. The molecule has 2 N–H and O–H groups in total. The molecule has 0 atom stereocenters. The van der Waals surface area contributed by atoms with Crippen molar-refractivity contribution >= 4 is 11.6 Å². The van der Waals surface area contributed by atoms with Gasteiger partial charge in [0.05, 0.1) is 18.9 Å². The average Bonchev–Trinajstić information content (AvgIpc) is 3.26. The number of hydrogen-bond donors (Lipinski definition) is 2. The van der Waals surface area contributed by atoms with Crippen LogP contribution in [0.2, 0.25) is 0 Å². The second-order valence-corrected chi connectivity index (χ2v) is 6.82. The number of aryl methyl sites for hydroxylation is 1. The first-order valence-electron chi connectivity index (χ1n) is 10.3. The summed E-state index contributed by atoms with van der Waals surface area (Å²) in [6.45, 7) is 3.34. The van der Waals surface area contributed by atoms with Crippen LogP contribution >= 0.6 is 0 Å². The Morgan fingerprint density at radius 3 is 2.50 bits per heavy atom. The first kappa shape index (κ1) is 23.4. The minimum atomic E-state index is -2.89. The summed E-state index contributed by atoms with van der Waals surface area (Å²) in [6, 6.07) is 17.0. The van der Waals surface area contributed by atoms with E-state index in [9.17, 15) is 13.6 Å². The topological polar surface area (TPSA) is 77.4 Å². The Bertz CT molecular complexity index is 980. The number of rotatable bonds is 6. The zero-order chi connectivity index (χ0) is 22.8. The Morgan fingerprint density at radius 1 is 1.16 bits per heavy atom. The van der Waals surface area contributed by atoms with Crippen LogP contribution in [0.5, 0.6) is 5.75 Å². The summed E-state index contributed by atoms with van der Waals surface area (Å²) in [6.07, 6.45) is 0. The lowest BCUT2D eigenvalue weighted by Crippen LogP contribution is -2.30. The van der Waals surface area contributed by atoms with Gasteiger partial charge in [-0.2, -0.15) is 13.9 Å². The van der Waals surface area contributed by atoms with Gasteiger partial charge in [0.25, 0.3) is 5.91 Å². The van der Waals surface area contributed by atoms with Crippen molar-refractivity contribution in [3.63, 3.8) is 0 Å². The van der Waals surface area contributed by atoms with Crippen molar-refractivity contribution in [3.05, 3.63) is 66.4 Å². The molecule has 3 aromatic rings. The van der Waals surface area contributed by atoms with E-state index in [0.29, 0.717) is 23.5 Å². The highest BCUT2D eigenvalue weighted by atomic mass is 19.3. The summed E-state index contributed by atoms with van der Waals surface area (Å²) in [4.78, 5) is 12.4. The second-order valence-electron chi connectivity index (χ2n) is 6.82. The molecule has 0 aliphatic carbocycles. The van der Waals surface area contributed by atoms with E-state index in [4.69, 9.17) is 4.74 Å². The van der Waals surface area contributed by atoms with Crippen LogP contribution in [0.25, 0.3) is 11.3 Å². The number of alkyl halides is 2. The summed E-state index contributed by atoms with van der Waals surface area (Å²) < 4.78 is 35.9. The Hall–Kier alpha value is -3.30. The van der Waals surface area contributed by atoms with Crippen molar-refractivity contribution in [2.45, 2.75) is 20.1 Å². The highest BCUT2D eigenvalue weighted by Gasteiger charge is 2.16. The van der Waals surface area contributed by atoms with E-state index in [1.165, 1.54) is 12.1 Å². The second kappa shape index (κ2) is 11.9. The van der Waals surface area contributed by atoms with Crippen LogP contribution in [0.1, 0.15) is 17.4 Å². The number of benzene rings is 2. The largest absolute Gasteiger partial charge is 0.435 e. The molecule has 7 nitrogen and oxygen atoms in total. The zero-order valence-corrected chi connectivity index (χ0v) is 17.8. The minimum absolute atomic E-state index is 0.0524. The van der Waals surface area contributed by atoms with Crippen LogP contribution in [-0.2, 0) is 11.3 Å². The molecule has 1 aromatic heterocycles. The van der Waals surface area contributed by atoms with Gasteiger partial charge in [0, 0.05) is 30.9 Å². The predicted octanol–water partition coefficient (Wildman–Crippen LogP) is 4.03. The van der Waals surface area contributed by atoms with E-state index in [1.54, 1.807) is 35.0 Å². The summed E-state index contributed by atoms with van der Waals surface area (Å²) in [5.74, 6) is -0.290. The van der Waals surface area contributed by atoms with Crippen LogP contribution in [-0.4, -0.2) is 48.6 Å². The average molecular weight is 444 g/mol. The van der Waals surface area contributed by atoms with Gasteiger partial charge < -0.3 is 20.1 Å². The highest BCUT2D eigenvalue weighted by Crippen LogP contribution is 2.26. The molecule has 1 aliphatic heterocycles. The maximum absolute atomic E-state index is 12.4. The van der Waals surface area contributed by atoms with Gasteiger partial charge in [-0.25, -0.2) is 0 Å². The van der Waals surface area contributed by atoms with E-state index in [0.717, 1.165) is 26.3 Å². The van der Waals surface area contributed by atoms with E-state index < -0.39 is 6.61 Å². The number of morpholine rings is 1. The van der Waals surface area contributed by atoms with Crippen molar-refractivity contribution in [2.75, 3.05) is 31.6 Å². The maximum atomic E-state index is 12.4. The fourth-order valence-electron chi connectivity index (χ4n) is 3.07. The molecule has 1 aliphatic rings. The van der Waals surface area contributed by atoms with Gasteiger partial charge in [-0.15, -0.1) is 0 Å². The SMILES string of the molecule is C1COCCN1.CCn1nc(C(=O)Nc2ccccc2)cc1-c1cccc(OC(F)F)c1. The van der Waals surface area contributed by atoms with Crippen LogP contribution in [0.15, 0.2) is 60.7 Å². The molecule has 32 heavy (non-hydrogen) atoms. The van der Waals surface area contributed by atoms with E-state index in [1.807, 2.05) is 25.1 Å². The van der Waals surface area contributed by atoms with Crippen molar-refractivity contribution in [3.8, 4) is 17.0 Å².